The second kappa shape index (κ2) is 8.12. The van der Waals surface area contributed by atoms with Crippen molar-refractivity contribution in [3.8, 4) is 0 Å². The van der Waals surface area contributed by atoms with E-state index in [-0.39, 0.29) is 18.1 Å². The topological polar surface area (TPSA) is 70.6 Å². The fourth-order valence-electron chi connectivity index (χ4n) is 2.39. The molecule has 1 saturated heterocycles. The quantitative estimate of drug-likeness (QED) is 0.668. The standard InChI is InChI=1S/C16H24N2O3/c1-12(13-5-3-2-4-6-13)21-11-15(19)10-17-9-14-7-8-16(20)18-14/h2-6,12,14-15,17,19H,7-11H2,1H3,(H,18,20). The fourth-order valence-corrected chi connectivity index (χ4v) is 2.39. The minimum atomic E-state index is -0.548. The van der Waals surface area contributed by atoms with Gasteiger partial charge in [-0.15, -0.1) is 0 Å². The fraction of sp³-hybridized carbons (Fsp3) is 0.562. The molecule has 0 spiro atoms. The Balaban J connectivity index is 1.59. The molecule has 116 valence electrons. The maximum atomic E-state index is 11.1. The van der Waals surface area contributed by atoms with Crippen LogP contribution in [0.5, 0.6) is 0 Å². The van der Waals surface area contributed by atoms with Gasteiger partial charge in [-0.2, -0.15) is 0 Å². The highest BCUT2D eigenvalue weighted by atomic mass is 16.5. The summed E-state index contributed by atoms with van der Waals surface area (Å²) in [6.07, 6.45) is 0.888. The van der Waals surface area contributed by atoms with E-state index in [1.165, 1.54) is 0 Å². The number of amides is 1. The highest BCUT2D eigenvalue weighted by molar-refractivity contribution is 5.78. The van der Waals surface area contributed by atoms with Crippen LogP contribution in [0.4, 0.5) is 0 Å². The van der Waals surface area contributed by atoms with Crippen LogP contribution in [0.15, 0.2) is 30.3 Å². The minimum Gasteiger partial charge on any atom is -0.389 e. The molecular formula is C16H24N2O3. The Morgan fingerprint density at radius 1 is 1.43 bits per heavy atom. The first-order chi connectivity index (χ1) is 10.1. The van der Waals surface area contributed by atoms with E-state index in [9.17, 15) is 9.90 Å². The van der Waals surface area contributed by atoms with E-state index in [2.05, 4.69) is 10.6 Å². The van der Waals surface area contributed by atoms with Gasteiger partial charge in [-0.05, 0) is 18.9 Å². The molecule has 3 unspecified atom stereocenters. The van der Waals surface area contributed by atoms with Crippen molar-refractivity contribution in [1.82, 2.24) is 10.6 Å². The van der Waals surface area contributed by atoms with E-state index in [1.54, 1.807) is 0 Å². The number of carbonyl (C=O) groups excluding carboxylic acids is 1. The summed E-state index contributed by atoms with van der Waals surface area (Å²) in [7, 11) is 0. The van der Waals surface area contributed by atoms with E-state index in [0.29, 0.717) is 26.1 Å². The lowest BCUT2D eigenvalue weighted by Crippen LogP contribution is -2.39. The zero-order valence-corrected chi connectivity index (χ0v) is 12.4. The van der Waals surface area contributed by atoms with Crippen LogP contribution in [-0.2, 0) is 9.53 Å². The van der Waals surface area contributed by atoms with Crippen molar-refractivity contribution in [3.05, 3.63) is 35.9 Å². The van der Waals surface area contributed by atoms with Crippen LogP contribution in [0, 0.1) is 0 Å². The van der Waals surface area contributed by atoms with Crippen LogP contribution in [0.3, 0.4) is 0 Å². The van der Waals surface area contributed by atoms with Gasteiger partial charge in [0.2, 0.25) is 5.91 Å². The number of hydrogen-bond acceptors (Lipinski definition) is 4. The van der Waals surface area contributed by atoms with Crippen LogP contribution in [0.25, 0.3) is 0 Å². The molecule has 0 bridgehead atoms. The molecule has 5 nitrogen and oxygen atoms in total. The third-order valence-corrected chi connectivity index (χ3v) is 3.66. The Morgan fingerprint density at radius 2 is 2.19 bits per heavy atom. The third kappa shape index (κ3) is 5.46. The molecule has 0 radical (unpaired) electrons. The van der Waals surface area contributed by atoms with Crippen molar-refractivity contribution in [2.45, 2.75) is 38.0 Å². The van der Waals surface area contributed by atoms with Crippen molar-refractivity contribution >= 4 is 5.91 Å². The molecule has 1 aliphatic rings. The molecule has 1 fully saturated rings. The van der Waals surface area contributed by atoms with Crippen LogP contribution >= 0.6 is 0 Å². The number of benzene rings is 1. The molecule has 0 aromatic heterocycles. The van der Waals surface area contributed by atoms with Crippen molar-refractivity contribution in [3.63, 3.8) is 0 Å². The largest absolute Gasteiger partial charge is 0.389 e. The van der Waals surface area contributed by atoms with Gasteiger partial charge < -0.3 is 20.5 Å². The number of hydrogen-bond donors (Lipinski definition) is 3. The Bertz CT molecular complexity index is 438. The second-order valence-corrected chi connectivity index (χ2v) is 5.50. The molecule has 1 aromatic carbocycles. The van der Waals surface area contributed by atoms with Crippen molar-refractivity contribution in [2.24, 2.45) is 0 Å². The summed E-state index contributed by atoms with van der Waals surface area (Å²) < 4.78 is 5.67. The molecule has 0 aliphatic carbocycles. The van der Waals surface area contributed by atoms with Gasteiger partial charge in [0.05, 0.1) is 18.8 Å². The Kier molecular flexibility index (Phi) is 6.17. The Labute approximate surface area is 125 Å². The average Bonchev–Trinajstić information content (AvgIpc) is 2.91. The van der Waals surface area contributed by atoms with Crippen molar-refractivity contribution < 1.29 is 14.6 Å². The van der Waals surface area contributed by atoms with Gasteiger partial charge in [-0.3, -0.25) is 4.79 Å². The molecule has 0 saturated carbocycles. The summed E-state index contributed by atoms with van der Waals surface area (Å²) in [4.78, 5) is 11.1. The summed E-state index contributed by atoms with van der Waals surface area (Å²) in [6.45, 7) is 3.43. The Hall–Kier alpha value is -1.43. The lowest BCUT2D eigenvalue weighted by Gasteiger charge is -2.18. The van der Waals surface area contributed by atoms with E-state index in [0.717, 1.165) is 12.0 Å². The second-order valence-electron chi connectivity index (χ2n) is 5.50. The van der Waals surface area contributed by atoms with E-state index in [4.69, 9.17) is 4.74 Å². The Morgan fingerprint density at radius 3 is 2.86 bits per heavy atom. The number of carbonyl (C=O) groups is 1. The highest BCUT2D eigenvalue weighted by Crippen LogP contribution is 2.15. The monoisotopic (exact) mass is 292 g/mol. The van der Waals surface area contributed by atoms with Gasteiger partial charge in [0.15, 0.2) is 0 Å². The predicted octanol–water partition coefficient (Wildman–Crippen LogP) is 0.993. The molecule has 1 aromatic rings. The van der Waals surface area contributed by atoms with Gasteiger partial charge in [0.25, 0.3) is 0 Å². The first-order valence-corrected chi connectivity index (χ1v) is 7.50. The third-order valence-electron chi connectivity index (χ3n) is 3.66. The molecule has 1 aliphatic heterocycles. The SMILES string of the molecule is CC(OCC(O)CNCC1CCC(=O)N1)c1ccccc1. The molecule has 1 amide bonds. The zero-order valence-electron chi connectivity index (χ0n) is 12.4. The van der Waals surface area contributed by atoms with Crippen LogP contribution in [0.1, 0.15) is 31.4 Å². The average molecular weight is 292 g/mol. The van der Waals surface area contributed by atoms with Gasteiger partial charge in [0, 0.05) is 25.6 Å². The number of aliphatic hydroxyl groups excluding tert-OH is 1. The van der Waals surface area contributed by atoms with Crippen LogP contribution in [0.2, 0.25) is 0 Å². The molecule has 5 heteroatoms. The lowest BCUT2D eigenvalue weighted by atomic mass is 10.1. The summed E-state index contributed by atoms with van der Waals surface area (Å²) >= 11 is 0. The normalized spacial score (nSPS) is 21.0. The summed E-state index contributed by atoms with van der Waals surface area (Å²) in [5.41, 5.74) is 1.10. The summed E-state index contributed by atoms with van der Waals surface area (Å²) in [5, 5.41) is 15.9. The zero-order chi connectivity index (χ0) is 15.1. The molecule has 21 heavy (non-hydrogen) atoms. The highest BCUT2D eigenvalue weighted by Gasteiger charge is 2.20. The van der Waals surface area contributed by atoms with E-state index >= 15 is 0 Å². The van der Waals surface area contributed by atoms with Gasteiger partial charge in [0.1, 0.15) is 0 Å². The molecule has 1 heterocycles. The smallest absolute Gasteiger partial charge is 0.220 e. The lowest BCUT2D eigenvalue weighted by molar-refractivity contribution is -0.119. The summed E-state index contributed by atoms with van der Waals surface area (Å²) in [5.74, 6) is 0.113. The minimum absolute atomic E-state index is 0.0324. The van der Waals surface area contributed by atoms with Crippen LogP contribution < -0.4 is 10.6 Å². The molecule has 3 N–H and O–H groups in total. The predicted molar refractivity (Wildman–Crippen MR) is 80.9 cm³/mol. The van der Waals surface area contributed by atoms with Crippen LogP contribution in [-0.4, -0.2) is 42.9 Å². The maximum Gasteiger partial charge on any atom is 0.220 e. The van der Waals surface area contributed by atoms with Crippen molar-refractivity contribution in [2.75, 3.05) is 19.7 Å². The number of nitrogens with one attached hydrogen (secondary N) is 2. The molecule has 2 rings (SSSR count). The van der Waals surface area contributed by atoms with E-state index in [1.807, 2.05) is 37.3 Å². The number of rotatable bonds is 8. The first kappa shape index (κ1) is 15.9. The number of aliphatic hydroxyl groups is 1. The number of ether oxygens (including phenoxy) is 1. The molecular weight excluding hydrogens is 268 g/mol. The van der Waals surface area contributed by atoms with Crippen molar-refractivity contribution in [1.29, 1.82) is 0 Å². The summed E-state index contributed by atoms with van der Waals surface area (Å²) in [6, 6.07) is 10.1. The van der Waals surface area contributed by atoms with E-state index < -0.39 is 6.10 Å². The van der Waals surface area contributed by atoms with Gasteiger partial charge >= 0.3 is 0 Å². The first-order valence-electron chi connectivity index (χ1n) is 7.50. The van der Waals surface area contributed by atoms with Gasteiger partial charge in [-0.25, -0.2) is 0 Å². The maximum absolute atomic E-state index is 11.1. The molecule has 3 atom stereocenters. The van der Waals surface area contributed by atoms with Gasteiger partial charge in [-0.1, -0.05) is 30.3 Å².